The number of carboxylic acids is 1. The maximum Gasteiger partial charge on any atom is 0.341 e. The van der Waals surface area contributed by atoms with Gasteiger partial charge in [-0.05, 0) is 18.2 Å². The molecule has 2 aromatic rings. The number of halogens is 2. The summed E-state index contributed by atoms with van der Waals surface area (Å²) in [5.41, 5.74) is 1.31. The Morgan fingerprint density at radius 2 is 2.06 bits per heavy atom. The molecule has 0 atom stereocenters. The van der Waals surface area contributed by atoms with Gasteiger partial charge in [0, 0.05) is 16.7 Å². The van der Waals surface area contributed by atoms with Gasteiger partial charge in [-0.2, -0.15) is 4.57 Å². The number of carboxylic acid groups (broad SMARTS) is 1. The third kappa shape index (κ3) is 3.82. The number of nitrogens with zero attached hydrogens (tertiary/aromatic N) is 1. The van der Waals surface area contributed by atoms with Gasteiger partial charge in [0.05, 0.1) is 0 Å². The number of aromatic carboxylic acids is 1. The second kappa shape index (κ2) is 6.52. The molecule has 0 bridgehead atoms. The summed E-state index contributed by atoms with van der Waals surface area (Å²) >= 11 is 5.89. The van der Waals surface area contributed by atoms with Crippen LogP contribution in [0.25, 0.3) is 0 Å². The van der Waals surface area contributed by atoms with E-state index in [1.54, 1.807) is 18.3 Å². The number of pyridine rings is 1. The Morgan fingerprint density at radius 1 is 1.28 bits per heavy atom. The molecule has 0 aliphatic heterocycles. The van der Waals surface area contributed by atoms with E-state index in [0.29, 0.717) is 11.6 Å². The molecule has 1 heterocycles. The monoisotopic (exact) mass is 327 g/mol. The van der Waals surface area contributed by atoms with E-state index in [-0.39, 0.29) is 22.5 Å². The van der Waals surface area contributed by atoms with Crippen molar-refractivity contribution in [3.05, 3.63) is 64.9 Å². The topological polar surface area (TPSA) is 41.2 Å². The molecule has 94 valence electrons. The largest absolute Gasteiger partial charge is 1.00 e. The van der Waals surface area contributed by atoms with Crippen LogP contribution in [0, 0.1) is 0 Å². The van der Waals surface area contributed by atoms with Gasteiger partial charge in [0.1, 0.15) is 5.56 Å². The first-order valence-corrected chi connectivity index (χ1v) is 5.50. The summed E-state index contributed by atoms with van der Waals surface area (Å²) in [5.74, 6) is -0.926. The van der Waals surface area contributed by atoms with Crippen molar-refractivity contribution in [2.45, 2.75) is 6.54 Å². The van der Waals surface area contributed by atoms with Gasteiger partial charge in [-0.1, -0.05) is 23.7 Å². The Labute approximate surface area is 120 Å². The molecule has 0 saturated heterocycles. The summed E-state index contributed by atoms with van der Waals surface area (Å²) in [4.78, 5) is 10.8. The predicted molar refractivity (Wildman–Crippen MR) is 64.2 cm³/mol. The molecule has 0 aliphatic carbocycles. The molecule has 0 amide bonds. The highest BCUT2D eigenvalue weighted by atomic mass is 79.9. The van der Waals surface area contributed by atoms with Crippen LogP contribution in [0.5, 0.6) is 0 Å². The zero-order chi connectivity index (χ0) is 12.3. The van der Waals surface area contributed by atoms with Gasteiger partial charge in [-0.15, -0.1) is 0 Å². The minimum absolute atomic E-state index is 0. The molecule has 1 N–H and O–H groups in total. The van der Waals surface area contributed by atoms with E-state index in [1.165, 1.54) is 0 Å². The van der Waals surface area contributed by atoms with Crippen LogP contribution in [0.4, 0.5) is 0 Å². The van der Waals surface area contributed by atoms with Gasteiger partial charge in [0.15, 0.2) is 18.9 Å². The van der Waals surface area contributed by atoms with Crippen molar-refractivity contribution in [2.24, 2.45) is 0 Å². The summed E-state index contributed by atoms with van der Waals surface area (Å²) in [6.45, 7) is 0.599. The van der Waals surface area contributed by atoms with E-state index in [9.17, 15) is 4.79 Å². The van der Waals surface area contributed by atoms with E-state index >= 15 is 0 Å². The van der Waals surface area contributed by atoms with Gasteiger partial charge < -0.3 is 22.1 Å². The molecule has 0 saturated carbocycles. The molecule has 3 nitrogen and oxygen atoms in total. The molecule has 0 unspecified atom stereocenters. The molecule has 0 fully saturated rings. The maximum absolute atomic E-state index is 10.8. The normalized spacial score (nSPS) is 9.61. The Balaban J connectivity index is 0.00000162. The van der Waals surface area contributed by atoms with Crippen molar-refractivity contribution in [2.75, 3.05) is 0 Å². The zero-order valence-electron chi connectivity index (χ0n) is 9.38. The van der Waals surface area contributed by atoms with Crippen LogP contribution in [-0.4, -0.2) is 11.1 Å². The lowest BCUT2D eigenvalue weighted by molar-refractivity contribution is -0.688. The number of carbonyl (C=O) groups is 1. The van der Waals surface area contributed by atoms with Crippen molar-refractivity contribution in [3.8, 4) is 0 Å². The van der Waals surface area contributed by atoms with E-state index in [4.69, 9.17) is 16.7 Å². The molecular formula is C13H11BrClNO2. The fourth-order valence-electron chi connectivity index (χ4n) is 1.59. The average Bonchev–Trinajstić information content (AvgIpc) is 2.29. The van der Waals surface area contributed by atoms with Crippen molar-refractivity contribution in [3.63, 3.8) is 0 Å². The molecule has 1 aromatic carbocycles. The molecule has 0 radical (unpaired) electrons. The Hall–Kier alpha value is -1.39. The van der Waals surface area contributed by atoms with E-state index in [1.807, 2.05) is 35.0 Å². The summed E-state index contributed by atoms with van der Waals surface area (Å²) < 4.78 is 1.81. The fourth-order valence-corrected chi connectivity index (χ4v) is 1.81. The lowest BCUT2D eigenvalue weighted by Gasteiger charge is -1.99. The number of rotatable bonds is 3. The zero-order valence-corrected chi connectivity index (χ0v) is 11.7. The molecule has 18 heavy (non-hydrogen) atoms. The number of aromatic nitrogens is 1. The van der Waals surface area contributed by atoms with Crippen LogP contribution in [0.3, 0.4) is 0 Å². The number of hydrogen-bond donors (Lipinski definition) is 1. The van der Waals surface area contributed by atoms with Crippen molar-refractivity contribution >= 4 is 17.6 Å². The van der Waals surface area contributed by atoms with Crippen LogP contribution in [-0.2, 0) is 6.54 Å². The van der Waals surface area contributed by atoms with Gasteiger partial charge in [0.2, 0.25) is 0 Å². The number of benzene rings is 1. The van der Waals surface area contributed by atoms with Crippen LogP contribution in [0.2, 0.25) is 5.02 Å². The first-order valence-electron chi connectivity index (χ1n) is 5.12. The van der Waals surface area contributed by atoms with Crippen molar-refractivity contribution < 1.29 is 31.4 Å². The maximum atomic E-state index is 10.8. The summed E-state index contributed by atoms with van der Waals surface area (Å²) in [5, 5.41) is 9.56. The molecule has 5 heteroatoms. The first kappa shape index (κ1) is 14.7. The minimum atomic E-state index is -0.926. The van der Waals surface area contributed by atoms with Crippen molar-refractivity contribution in [1.29, 1.82) is 0 Å². The molecule has 2 rings (SSSR count). The Bertz CT molecular complexity index is 560. The second-order valence-corrected chi connectivity index (χ2v) is 4.14. The predicted octanol–water partition coefficient (Wildman–Crippen LogP) is -0.622. The average molecular weight is 329 g/mol. The quantitative estimate of drug-likeness (QED) is 0.763. The van der Waals surface area contributed by atoms with Crippen LogP contribution in [0.1, 0.15) is 15.9 Å². The number of hydrogen-bond acceptors (Lipinski definition) is 1. The van der Waals surface area contributed by atoms with Crippen molar-refractivity contribution in [1.82, 2.24) is 0 Å². The molecule has 0 aliphatic rings. The first-order chi connectivity index (χ1) is 8.15. The highest BCUT2D eigenvalue weighted by Gasteiger charge is 2.09. The van der Waals surface area contributed by atoms with E-state index in [2.05, 4.69) is 0 Å². The molecule has 1 aromatic heterocycles. The highest BCUT2D eigenvalue weighted by Crippen LogP contribution is 2.10. The third-order valence-corrected chi connectivity index (χ3v) is 2.59. The lowest BCUT2D eigenvalue weighted by atomic mass is 10.2. The smallest absolute Gasteiger partial charge is 0.341 e. The summed E-state index contributed by atoms with van der Waals surface area (Å²) in [7, 11) is 0. The van der Waals surface area contributed by atoms with Gasteiger partial charge in [-0.3, -0.25) is 0 Å². The van der Waals surface area contributed by atoms with E-state index < -0.39 is 5.97 Å². The molecular weight excluding hydrogens is 318 g/mol. The standard InChI is InChI=1S/C13H10ClNO2.BrH/c14-12-5-1-3-10(7-12)8-15-6-2-4-11(9-15)13(16)17;/h1-7,9H,8H2;1H. The van der Waals surface area contributed by atoms with Gasteiger partial charge in [0.25, 0.3) is 0 Å². The van der Waals surface area contributed by atoms with Crippen LogP contribution in [0.15, 0.2) is 48.8 Å². The minimum Gasteiger partial charge on any atom is -1.00 e. The SMILES string of the molecule is O=C(O)c1ccc[n+](Cc2cccc(Cl)c2)c1.[Br-]. The van der Waals surface area contributed by atoms with E-state index in [0.717, 1.165) is 5.56 Å². The Morgan fingerprint density at radius 3 is 2.72 bits per heavy atom. The highest BCUT2D eigenvalue weighted by molar-refractivity contribution is 6.30. The van der Waals surface area contributed by atoms with Crippen LogP contribution < -0.4 is 21.5 Å². The Kier molecular flexibility index (Phi) is 5.31. The third-order valence-electron chi connectivity index (χ3n) is 2.36. The lowest BCUT2D eigenvalue weighted by Crippen LogP contribution is -3.00. The second-order valence-electron chi connectivity index (χ2n) is 3.70. The van der Waals surface area contributed by atoms with Gasteiger partial charge in [-0.25, -0.2) is 4.79 Å². The van der Waals surface area contributed by atoms with Crippen LogP contribution >= 0.6 is 11.6 Å². The summed E-state index contributed by atoms with van der Waals surface area (Å²) in [6.07, 6.45) is 3.43. The fraction of sp³-hybridized carbons (Fsp3) is 0.0769. The van der Waals surface area contributed by atoms with Gasteiger partial charge >= 0.3 is 5.97 Å². The molecule has 0 spiro atoms. The summed E-state index contributed by atoms with van der Waals surface area (Å²) in [6, 6.07) is 10.8.